The van der Waals surface area contributed by atoms with Crippen LogP contribution in [-0.4, -0.2) is 17.4 Å². The van der Waals surface area contributed by atoms with E-state index >= 15 is 0 Å². The molecule has 0 spiro atoms. The minimum absolute atomic E-state index is 0.327. The molecule has 2 aromatic rings. The van der Waals surface area contributed by atoms with Gasteiger partial charge in [0.2, 0.25) is 0 Å². The zero-order valence-electron chi connectivity index (χ0n) is 13.3. The van der Waals surface area contributed by atoms with Crippen molar-refractivity contribution in [1.29, 1.82) is 0 Å². The summed E-state index contributed by atoms with van der Waals surface area (Å²) in [6.45, 7) is 9.55. The summed E-state index contributed by atoms with van der Waals surface area (Å²) in [5.74, 6) is 0. The van der Waals surface area contributed by atoms with E-state index in [1.807, 2.05) is 18.0 Å². The average molecular weight is 355 g/mol. The van der Waals surface area contributed by atoms with Crippen LogP contribution in [0.5, 0.6) is 0 Å². The minimum atomic E-state index is 0.327. The summed E-state index contributed by atoms with van der Waals surface area (Å²) in [5.41, 5.74) is 1.31. The highest BCUT2D eigenvalue weighted by atomic mass is 35.5. The topological polar surface area (TPSA) is 15.3 Å². The van der Waals surface area contributed by atoms with Gasteiger partial charge in [-0.15, -0.1) is 11.3 Å². The number of halogens is 1. The molecular formula is C17H23ClN2S2. The largest absolute Gasteiger partial charge is 0.305 e. The van der Waals surface area contributed by atoms with Gasteiger partial charge in [-0.3, -0.25) is 0 Å². The van der Waals surface area contributed by atoms with Crippen LogP contribution in [0.4, 0.5) is 0 Å². The highest BCUT2D eigenvalue weighted by Gasteiger charge is 2.07. The lowest BCUT2D eigenvalue weighted by molar-refractivity contribution is 0.525. The quantitative estimate of drug-likeness (QED) is 0.621. The molecule has 1 atom stereocenters. The molecular weight excluding hydrogens is 332 g/mol. The Balaban J connectivity index is 1.88. The molecule has 0 bridgehead atoms. The van der Waals surface area contributed by atoms with Gasteiger partial charge in [0.25, 0.3) is 0 Å². The van der Waals surface area contributed by atoms with Crippen molar-refractivity contribution < 1.29 is 0 Å². The van der Waals surface area contributed by atoms with Crippen LogP contribution < -0.4 is 5.32 Å². The van der Waals surface area contributed by atoms with E-state index in [2.05, 4.69) is 60.7 Å². The molecule has 0 aliphatic carbocycles. The Morgan fingerprint density at radius 2 is 1.82 bits per heavy atom. The summed E-state index contributed by atoms with van der Waals surface area (Å²) < 4.78 is 3.19. The second-order valence-corrected chi connectivity index (χ2v) is 8.05. The molecule has 0 fully saturated rings. The van der Waals surface area contributed by atoms with E-state index in [0.717, 1.165) is 24.0 Å². The lowest BCUT2D eigenvalue weighted by Crippen LogP contribution is -2.17. The van der Waals surface area contributed by atoms with Crippen LogP contribution in [0.3, 0.4) is 0 Å². The zero-order chi connectivity index (χ0) is 15.9. The van der Waals surface area contributed by atoms with E-state index in [1.165, 1.54) is 15.3 Å². The van der Waals surface area contributed by atoms with E-state index in [-0.39, 0.29) is 0 Å². The molecule has 120 valence electrons. The summed E-state index contributed by atoms with van der Waals surface area (Å²) >= 11 is 9.42. The Kier molecular flexibility index (Phi) is 7.25. The van der Waals surface area contributed by atoms with Crippen molar-refractivity contribution in [3.8, 4) is 0 Å². The van der Waals surface area contributed by atoms with E-state index < -0.39 is 0 Å². The fraction of sp³-hybridized carbons (Fsp3) is 0.412. The maximum Gasteiger partial charge on any atom is 0.0931 e. The van der Waals surface area contributed by atoms with Gasteiger partial charge in [0.15, 0.2) is 0 Å². The molecule has 1 aromatic carbocycles. The van der Waals surface area contributed by atoms with E-state index in [1.54, 1.807) is 11.3 Å². The Morgan fingerprint density at radius 1 is 1.14 bits per heavy atom. The van der Waals surface area contributed by atoms with Gasteiger partial charge in [0.1, 0.15) is 0 Å². The van der Waals surface area contributed by atoms with Gasteiger partial charge in [0, 0.05) is 35.4 Å². The number of nitrogens with zero attached hydrogens (tertiary/aromatic N) is 1. The van der Waals surface area contributed by atoms with Gasteiger partial charge in [-0.25, -0.2) is 4.31 Å². The SMILES string of the molecule is CCN(CC)Sc1ccc(C(C)NCc2ccc(Cl)s2)cc1. The van der Waals surface area contributed by atoms with Crippen LogP contribution in [0.25, 0.3) is 0 Å². The van der Waals surface area contributed by atoms with E-state index in [0.29, 0.717) is 6.04 Å². The fourth-order valence-electron chi connectivity index (χ4n) is 2.14. The third-order valence-electron chi connectivity index (χ3n) is 3.53. The first-order valence-electron chi connectivity index (χ1n) is 7.62. The zero-order valence-corrected chi connectivity index (χ0v) is 15.7. The second-order valence-electron chi connectivity index (χ2n) is 5.08. The number of thiophene rings is 1. The molecule has 1 N–H and O–H groups in total. The Hall–Kier alpha value is -0.520. The average Bonchev–Trinajstić information content (AvgIpc) is 2.96. The van der Waals surface area contributed by atoms with Crippen molar-refractivity contribution in [3.05, 3.63) is 51.2 Å². The Morgan fingerprint density at radius 3 is 2.36 bits per heavy atom. The first-order chi connectivity index (χ1) is 10.6. The van der Waals surface area contributed by atoms with Crippen molar-refractivity contribution in [3.63, 3.8) is 0 Å². The van der Waals surface area contributed by atoms with Crippen molar-refractivity contribution in [2.45, 2.75) is 38.3 Å². The molecule has 1 heterocycles. The minimum Gasteiger partial charge on any atom is -0.305 e. The van der Waals surface area contributed by atoms with Gasteiger partial charge in [-0.2, -0.15) is 0 Å². The van der Waals surface area contributed by atoms with Crippen LogP contribution in [0, 0.1) is 0 Å². The van der Waals surface area contributed by atoms with Crippen LogP contribution in [0.2, 0.25) is 4.34 Å². The molecule has 0 aliphatic rings. The molecule has 22 heavy (non-hydrogen) atoms. The first-order valence-corrected chi connectivity index (χ1v) is 9.59. The standard InChI is InChI=1S/C17H23ClN2S2/c1-4-20(5-2)22-15-8-6-14(7-9-15)13(3)19-12-16-10-11-17(18)21-16/h6-11,13,19H,4-5,12H2,1-3H3. The molecule has 0 aliphatic heterocycles. The summed E-state index contributed by atoms with van der Waals surface area (Å²) in [6, 6.07) is 13.2. The molecule has 0 amide bonds. The molecule has 0 saturated heterocycles. The number of rotatable bonds is 8. The van der Waals surface area contributed by atoms with Gasteiger partial charge in [0.05, 0.1) is 4.34 Å². The first kappa shape index (κ1) is 17.8. The van der Waals surface area contributed by atoms with Crippen molar-refractivity contribution in [2.75, 3.05) is 13.1 Å². The lowest BCUT2D eigenvalue weighted by atomic mass is 10.1. The predicted octanol–water partition coefficient (Wildman–Crippen LogP) is 5.60. The number of benzene rings is 1. The molecule has 0 saturated carbocycles. The highest BCUT2D eigenvalue weighted by molar-refractivity contribution is 7.97. The second kappa shape index (κ2) is 8.94. The lowest BCUT2D eigenvalue weighted by Gasteiger charge is -2.18. The fourth-order valence-corrected chi connectivity index (χ4v) is 3.99. The molecule has 2 nitrogen and oxygen atoms in total. The maximum absolute atomic E-state index is 5.96. The summed E-state index contributed by atoms with van der Waals surface area (Å²) in [5, 5.41) is 3.55. The monoisotopic (exact) mass is 354 g/mol. The molecule has 2 rings (SSSR count). The van der Waals surface area contributed by atoms with Crippen molar-refractivity contribution >= 4 is 34.9 Å². The molecule has 1 unspecified atom stereocenters. The Labute approximate surface area is 147 Å². The van der Waals surface area contributed by atoms with Crippen LogP contribution in [0.15, 0.2) is 41.3 Å². The third kappa shape index (κ3) is 5.28. The van der Waals surface area contributed by atoms with Gasteiger partial charge >= 0.3 is 0 Å². The normalized spacial score (nSPS) is 12.8. The molecule has 5 heteroatoms. The van der Waals surface area contributed by atoms with Crippen molar-refractivity contribution in [2.24, 2.45) is 0 Å². The summed E-state index contributed by atoms with van der Waals surface area (Å²) in [7, 11) is 0. The highest BCUT2D eigenvalue weighted by Crippen LogP contribution is 2.25. The number of hydrogen-bond donors (Lipinski definition) is 1. The van der Waals surface area contributed by atoms with Crippen molar-refractivity contribution in [1.82, 2.24) is 9.62 Å². The smallest absolute Gasteiger partial charge is 0.0931 e. The summed E-state index contributed by atoms with van der Waals surface area (Å²) in [4.78, 5) is 2.57. The van der Waals surface area contributed by atoms with Crippen LogP contribution >= 0.6 is 34.9 Å². The Bertz CT molecular complexity index is 564. The maximum atomic E-state index is 5.96. The number of nitrogens with one attached hydrogen (secondary N) is 1. The molecule has 1 aromatic heterocycles. The van der Waals surface area contributed by atoms with Gasteiger partial charge in [-0.1, -0.05) is 37.6 Å². The van der Waals surface area contributed by atoms with Crippen LogP contribution in [-0.2, 0) is 6.54 Å². The predicted molar refractivity (Wildman–Crippen MR) is 99.8 cm³/mol. The van der Waals surface area contributed by atoms with Crippen LogP contribution in [0.1, 0.15) is 37.3 Å². The van der Waals surface area contributed by atoms with Gasteiger partial charge in [-0.05, 0) is 48.7 Å². The van der Waals surface area contributed by atoms with Gasteiger partial charge < -0.3 is 5.32 Å². The van der Waals surface area contributed by atoms with E-state index in [4.69, 9.17) is 11.6 Å². The number of hydrogen-bond acceptors (Lipinski definition) is 4. The summed E-state index contributed by atoms with van der Waals surface area (Å²) in [6.07, 6.45) is 0. The van der Waals surface area contributed by atoms with E-state index in [9.17, 15) is 0 Å². The molecule has 0 radical (unpaired) electrons. The third-order valence-corrected chi connectivity index (χ3v) is 6.02.